The zero-order chi connectivity index (χ0) is 26.7. The molecule has 0 aliphatic carbocycles. The summed E-state index contributed by atoms with van der Waals surface area (Å²) in [5, 5.41) is 3.08. The van der Waals surface area contributed by atoms with E-state index in [0.717, 1.165) is 33.6 Å². The van der Waals surface area contributed by atoms with E-state index in [1.807, 2.05) is 116 Å². The van der Waals surface area contributed by atoms with Gasteiger partial charge in [0.25, 0.3) is 0 Å². The molecule has 0 heterocycles. The number of aryl methyl sites for hydroxylation is 2. The molecule has 0 radical (unpaired) electrons. The van der Waals surface area contributed by atoms with Gasteiger partial charge in [-0.1, -0.05) is 103 Å². The molecule has 0 aliphatic rings. The third-order valence-corrected chi connectivity index (χ3v) is 6.57. The molecule has 5 nitrogen and oxygen atoms in total. The number of hydrogen-bond acceptors (Lipinski definition) is 3. The SMILES string of the molecule is COc1ccc(CN(C(=O)CCc2ccccc2)[C@@H](C(=O)NCc2ccc(C)cc2)c2ccccc2)cc1. The smallest absolute Gasteiger partial charge is 0.247 e. The van der Waals surface area contributed by atoms with Gasteiger partial charge in [0.2, 0.25) is 11.8 Å². The first-order valence-corrected chi connectivity index (χ1v) is 12.9. The zero-order valence-electron chi connectivity index (χ0n) is 22.0. The third-order valence-electron chi connectivity index (χ3n) is 6.57. The quantitative estimate of drug-likeness (QED) is 0.271. The van der Waals surface area contributed by atoms with E-state index in [4.69, 9.17) is 4.74 Å². The standard InChI is InChI=1S/C33H34N2O3/c1-25-13-15-27(16-14-25)23-34-33(37)32(29-11-7-4-8-12-29)35(24-28-17-20-30(38-2)21-18-28)31(36)22-19-26-9-5-3-6-10-26/h3-18,20-21,32H,19,22-24H2,1-2H3,(H,34,37)/t32-/m1/s1. The van der Waals surface area contributed by atoms with Crippen LogP contribution in [0.5, 0.6) is 5.75 Å². The first-order valence-electron chi connectivity index (χ1n) is 12.9. The molecule has 1 N–H and O–H groups in total. The van der Waals surface area contributed by atoms with Crippen LogP contribution < -0.4 is 10.1 Å². The van der Waals surface area contributed by atoms with Crippen LogP contribution in [0.2, 0.25) is 0 Å². The Morgan fingerprint density at radius 2 is 1.37 bits per heavy atom. The molecular weight excluding hydrogens is 472 g/mol. The highest BCUT2D eigenvalue weighted by molar-refractivity contribution is 5.88. The molecule has 0 unspecified atom stereocenters. The summed E-state index contributed by atoms with van der Waals surface area (Å²) < 4.78 is 5.30. The van der Waals surface area contributed by atoms with Crippen LogP contribution in [0.3, 0.4) is 0 Å². The molecule has 0 aromatic heterocycles. The molecular formula is C33H34N2O3. The van der Waals surface area contributed by atoms with Crippen molar-refractivity contribution in [3.63, 3.8) is 0 Å². The van der Waals surface area contributed by atoms with Crippen LogP contribution in [0, 0.1) is 6.92 Å². The highest BCUT2D eigenvalue weighted by atomic mass is 16.5. The van der Waals surface area contributed by atoms with Gasteiger partial charge in [-0.05, 0) is 47.7 Å². The van der Waals surface area contributed by atoms with Crippen molar-refractivity contribution in [1.82, 2.24) is 10.2 Å². The Kier molecular flexibility index (Phi) is 9.30. The predicted octanol–water partition coefficient (Wildman–Crippen LogP) is 6.02. The second-order valence-electron chi connectivity index (χ2n) is 9.37. The van der Waals surface area contributed by atoms with E-state index in [9.17, 15) is 9.59 Å². The summed E-state index contributed by atoms with van der Waals surface area (Å²) in [5.74, 6) is 0.452. The summed E-state index contributed by atoms with van der Waals surface area (Å²) >= 11 is 0. The Balaban J connectivity index is 1.62. The monoisotopic (exact) mass is 506 g/mol. The highest BCUT2D eigenvalue weighted by Gasteiger charge is 2.31. The lowest BCUT2D eigenvalue weighted by atomic mass is 10.0. The number of amides is 2. The highest BCUT2D eigenvalue weighted by Crippen LogP contribution is 2.26. The summed E-state index contributed by atoms with van der Waals surface area (Å²) in [5.41, 5.74) is 4.96. The minimum Gasteiger partial charge on any atom is -0.497 e. The number of methoxy groups -OCH3 is 1. The number of carbonyl (C=O) groups is 2. The molecule has 4 aromatic rings. The molecule has 1 atom stereocenters. The molecule has 194 valence electrons. The van der Waals surface area contributed by atoms with Crippen LogP contribution in [-0.4, -0.2) is 23.8 Å². The molecule has 0 bridgehead atoms. The number of nitrogens with one attached hydrogen (secondary N) is 1. The van der Waals surface area contributed by atoms with Gasteiger partial charge in [0.05, 0.1) is 7.11 Å². The maximum atomic E-state index is 13.8. The first kappa shape index (κ1) is 26.7. The number of ether oxygens (including phenoxy) is 1. The van der Waals surface area contributed by atoms with Gasteiger partial charge >= 0.3 is 0 Å². The number of rotatable bonds is 11. The third kappa shape index (κ3) is 7.32. The summed E-state index contributed by atoms with van der Waals surface area (Å²) in [6.07, 6.45) is 0.903. The Bertz CT molecular complexity index is 1300. The normalized spacial score (nSPS) is 11.4. The van der Waals surface area contributed by atoms with E-state index in [0.29, 0.717) is 25.9 Å². The van der Waals surface area contributed by atoms with E-state index >= 15 is 0 Å². The lowest BCUT2D eigenvalue weighted by Crippen LogP contribution is -2.43. The Labute approximate surface area is 225 Å². The number of hydrogen-bond donors (Lipinski definition) is 1. The van der Waals surface area contributed by atoms with Crippen molar-refractivity contribution < 1.29 is 14.3 Å². The minimum absolute atomic E-state index is 0.0796. The number of carbonyl (C=O) groups excluding carboxylic acids is 2. The molecule has 0 spiro atoms. The van der Waals surface area contributed by atoms with Gasteiger partial charge in [-0.3, -0.25) is 9.59 Å². The largest absolute Gasteiger partial charge is 0.497 e. The fraction of sp³-hybridized carbons (Fsp3) is 0.212. The molecule has 4 rings (SSSR count). The minimum atomic E-state index is -0.771. The second-order valence-corrected chi connectivity index (χ2v) is 9.37. The summed E-state index contributed by atoms with van der Waals surface area (Å²) in [4.78, 5) is 29.3. The molecule has 5 heteroatoms. The van der Waals surface area contributed by atoms with Crippen LogP contribution in [-0.2, 0) is 29.1 Å². The van der Waals surface area contributed by atoms with Gasteiger partial charge in [0.15, 0.2) is 0 Å². The van der Waals surface area contributed by atoms with Crippen molar-refractivity contribution in [2.45, 2.75) is 38.9 Å². The van der Waals surface area contributed by atoms with Crippen LogP contribution >= 0.6 is 0 Å². The summed E-state index contributed by atoms with van der Waals surface area (Å²) in [7, 11) is 1.62. The van der Waals surface area contributed by atoms with Gasteiger partial charge in [0.1, 0.15) is 11.8 Å². The number of nitrogens with zero attached hydrogens (tertiary/aromatic N) is 1. The van der Waals surface area contributed by atoms with Crippen molar-refractivity contribution >= 4 is 11.8 Å². The maximum Gasteiger partial charge on any atom is 0.247 e. The fourth-order valence-electron chi connectivity index (χ4n) is 4.39. The van der Waals surface area contributed by atoms with Crippen molar-refractivity contribution in [3.05, 3.63) is 137 Å². The Morgan fingerprint density at radius 1 is 0.763 bits per heavy atom. The Morgan fingerprint density at radius 3 is 2.00 bits per heavy atom. The molecule has 0 fully saturated rings. The first-order chi connectivity index (χ1) is 18.5. The molecule has 38 heavy (non-hydrogen) atoms. The summed E-state index contributed by atoms with van der Waals surface area (Å²) in [6.45, 7) is 2.72. The van der Waals surface area contributed by atoms with Crippen LogP contribution in [0.4, 0.5) is 0 Å². The van der Waals surface area contributed by atoms with Crippen LogP contribution in [0.1, 0.15) is 40.3 Å². The molecule has 2 amide bonds. The van der Waals surface area contributed by atoms with Crippen LogP contribution in [0.15, 0.2) is 109 Å². The molecule has 0 saturated carbocycles. The van der Waals surface area contributed by atoms with Gasteiger partial charge in [-0.2, -0.15) is 0 Å². The fourth-order valence-corrected chi connectivity index (χ4v) is 4.39. The van der Waals surface area contributed by atoms with E-state index in [-0.39, 0.29) is 11.8 Å². The topological polar surface area (TPSA) is 58.6 Å². The van der Waals surface area contributed by atoms with E-state index < -0.39 is 6.04 Å². The summed E-state index contributed by atoms with van der Waals surface area (Å²) in [6, 6.07) is 34.4. The van der Waals surface area contributed by atoms with Gasteiger partial charge < -0.3 is 15.0 Å². The van der Waals surface area contributed by atoms with Crippen molar-refractivity contribution in [2.24, 2.45) is 0 Å². The van der Waals surface area contributed by atoms with Crippen molar-refractivity contribution in [1.29, 1.82) is 0 Å². The van der Waals surface area contributed by atoms with Gasteiger partial charge in [-0.25, -0.2) is 0 Å². The van der Waals surface area contributed by atoms with E-state index in [2.05, 4.69) is 5.32 Å². The van der Waals surface area contributed by atoms with Crippen LogP contribution in [0.25, 0.3) is 0 Å². The predicted molar refractivity (Wildman–Crippen MR) is 151 cm³/mol. The molecule has 4 aromatic carbocycles. The number of benzene rings is 4. The van der Waals surface area contributed by atoms with E-state index in [1.54, 1.807) is 12.0 Å². The van der Waals surface area contributed by atoms with E-state index in [1.165, 1.54) is 0 Å². The molecule has 0 aliphatic heterocycles. The van der Waals surface area contributed by atoms with Crippen molar-refractivity contribution in [3.8, 4) is 5.75 Å². The average Bonchev–Trinajstić information content (AvgIpc) is 2.96. The second kappa shape index (κ2) is 13.2. The lowest BCUT2D eigenvalue weighted by Gasteiger charge is -2.32. The molecule has 0 saturated heterocycles. The average molecular weight is 507 g/mol. The lowest BCUT2D eigenvalue weighted by molar-refractivity contribution is -0.141. The maximum absolute atomic E-state index is 13.8. The van der Waals surface area contributed by atoms with Crippen molar-refractivity contribution in [2.75, 3.05) is 7.11 Å². The van der Waals surface area contributed by atoms with Gasteiger partial charge in [-0.15, -0.1) is 0 Å². The van der Waals surface area contributed by atoms with Gasteiger partial charge in [0, 0.05) is 19.5 Å². The Hall–Kier alpha value is -4.38. The zero-order valence-corrected chi connectivity index (χ0v) is 22.0.